The fraction of sp³-hybridized carbons (Fsp3) is 0.167. The largest absolute Gasteiger partial charge is 0.493 e. The number of amides is 1. The first-order chi connectivity index (χ1) is 9.05. The van der Waals surface area contributed by atoms with E-state index in [-0.39, 0.29) is 5.91 Å². The Morgan fingerprint density at radius 3 is 2.63 bits per heavy atom. The molecule has 0 spiro atoms. The number of carbonyl (C=O) groups is 1. The van der Waals surface area contributed by atoms with E-state index >= 15 is 0 Å². The number of hydrogen-bond acceptors (Lipinski definition) is 5. The lowest BCUT2D eigenvalue weighted by Gasteiger charge is -2.10. The third-order valence-electron chi connectivity index (χ3n) is 2.40. The third-order valence-corrected chi connectivity index (χ3v) is 3.84. The number of rotatable bonds is 3. The van der Waals surface area contributed by atoms with Gasteiger partial charge in [0.15, 0.2) is 11.5 Å². The number of thioether (sulfide) groups is 1. The van der Waals surface area contributed by atoms with Crippen molar-refractivity contribution >= 4 is 51.9 Å². The summed E-state index contributed by atoms with van der Waals surface area (Å²) in [5, 5.41) is 2.97. The maximum Gasteiger partial charge on any atom is 0.263 e. The van der Waals surface area contributed by atoms with E-state index in [1.165, 1.54) is 26.0 Å². The van der Waals surface area contributed by atoms with Crippen molar-refractivity contribution in [3.63, 3.8) is 0 Å². The molecule has 2 rings (SSSR count). The Labute approximate surface area is 125 Å². The summed E-state index contributed by atoms with van der Waals surface area (Å²) < 4.78 is 10.8. The van der Waals surface area contributed by atoms with Crippen LogP contribution in [0.25, 0.3) is 6.08 Å². The van der Waals surface area contributed by atoms with Gasteiger partial charge in [0.05, 0.1) is 24.1 Å². The molecular weight excluding hydrogens is 306 g/mol. The lowest BCUT2D eigenvalue weighted by atomic mass is 10.2. The molecule has 1 aliphatic heterocycles. The van der Waals surface area contributed by atoms with E-state index in [0.29, 0.717) is 25.7 Å². The first kappa shape index (κ1) is 14.2. The summed E-state index contributed by atoms with van der Waals surface area (Å²) in [6, 6.07) is 3.44. The molecule has 1 amide bonds. The standard InChI is InChI=1S/C12H10ClNO3S2/c1-16-8-4-6(3-7(13)10(8)17-2)5-9-11(15)14-12(18)19-9/h3-5H,1-2H3,(H,14,15,18). The zero-order valence-electron chi connectivity index (χ0n) is 10.2. The highest BCUT2D eigenvalue weighted by Crippen LogP contribution is 2.37. The maximum absolute atomic E-state index is 11.6. The van der Waals surface area contributed by atoms with E-state index in [2.05, 4.69) is 5.32 Å². The van der Waals surface area contributed by atoms with Crippen molar-refractivity contribution in [1.29, 1.82) is 0 Å². The molecule has 19 heavy (non-hydrogen) atoms. The highest BCUT2D eigenvalue weighted by atomic mass is 35.5. The molecule has 0 bridgehead atoms. The van der Waals surface area contributed by atoms with Gasteiger partial charge in [0.25, 0.3) is 5.91 Å². The summed E-state index contributed by atoms with van der Waals surface area (Å²) in [7, 11) is 3.04. The molecule has 1 heterocycles. The van der Waals surface area contributed by atoms with Crippen LogP contribution in [0.3, 0.4) is 0 Å². The van der Waals surface area contributed by atoms with Crippen molar-refractivity contribution in [2.24, 2.45) is 0 Å². The van der Waals surface area contributed by atoms with Crippen molar-refractivity contribution in [2.75, 3.05) is 14.2 Å². The number of carbonyl (C=O) groups excluding carboxylic acids is 1. The van der Waals surface area contributed by atoms with Crippen LogP contribution in [0.15, 0.2) is 17.0 Å². The molecule has 1 aromatic rings. The third kappa shape index (κ3) is 3.02. The van der Waals surface area contributed by atoms with E-state index in [1.807, 2.05) is 0 Å². The van der Waals surface area contributed by atoms with Crippen LogP contribution in [0.2, 0.25) is 5.02 Å². The lowest BCUT2D eigenvalue weighted by Crippen LogP contribution is -2.17. The zero-order valence-corrected chi connectivity index (χ0v) is 12.5. The molecule has 1 fully saturated rings. The van der Waals surface area contributed by atoms with Crippen molar-refractivity contribution in [3.8, 4) is 11.5 Å². The second kappa shape index (κ2) is 5.81. The van der Waals surface area contributed by atoms with Crippen molar-refractivity contribution < 1.29 is 14.3 Å². The van der Waals surface area contributed by atoms with E-state index in [9.17, 15) is 4.79 Å². The summed E-state index contributed by atoms with van der Waals surface area (Å²) in [6.45, 7) is 0. The van der Waals surface area contributed by atoms with Gasteiger partial charge < -0.3 is 14.8 Å². The van der Waals surface area contributed by atoms with E-state index in [4.69, 9.17) is 33.3 Å². The number of methoxy groups -OCH3 is 2. The Bertz CT molecular complexity index is 587. The van der Waals surface area contributed by atoms with Gasteiger partial charge >= 0.3 is 0 Å². The van der Waals surface area contributed by atoms with Gasteiger partial charge in [0, 0.05) is 0 Å². The Balaban J connectivity index is 2.42. The first-order valence-corrected chi connectivity index (χ1v) is 6.81. The minimum absolute atomic E-state index is 0.207. The summed E-state index contributed by atoms with van der Waals surface area (Å²) in [5.74, 6) is 0.763. The minimum Gasteiger partial charge on any atom is -0.493 e. The molecule has 0 saturated carbocycles. The van der Waals surface area contributed by atoms with Gasteiger partial charge in [-0.25, -0.2) is 0 Å². The monoisotopic (exact) mass is 315 g/mol. The van der Waals surface area contributed by atoms with Crippen LogP contribution in [0.1, 0.15) is 5.56 Å². The second-order valence-corrected chi connectivity index (χ2v) is 5.72. The zero-order chi connectivity index (χ0) is 14.0. The normalized spacial score (nSPS) is 16.7. The Hall–Kier alpha value is -1.24. The van der Waals surface area contributed by atoms with Gasteiger partial charge in [-0.05, 0) is 23.8 Å². The summed E-state index contributed by atoms with van der Waals surface area (Å²) >= 11 is 12.2. The Kier molecular flexibility index (Phi) is 4.34. The summed E-state index contributed by atoms with van der Waals surface area (Å²) in [5.41, 5.74) is 0.741. The maximum atomic E-state index is 11.6. The van der Waals surface area contributed by atoms with E-state index in [1.54, 1.807) is 18.2 Å². The summed E-state index contributed by atoms with van der Waals surface area (Å²) in [4.78, 5) is 12.1. The molecule has 0 atom stereocenters. The van der Waals surface area contributed by atoms with Crippen LogP contribution in [0, 0.1) is 0 Å². The molecular formula is C12H10ClNO3S2. The molecule has 1 N–H and O–H groups in total. The molecule has 1 aliphatic rings. The van der Waals surface area contributed by atoms with Gasteiger partial charge in [-0.2, -0.15) is 0 Å². The molecule has 1 saturated heterocycles. The van der Waals surface area contributed by atoms with Crippen LogP contribution in [-0.4, -0.2) is 24.4 Å². The van der Waals surface area contributed by atoms with Crippen LogP contribution in [0.4, 0.5) is 0 Å². The topological polar surface area (TPSA) is 47.6 Å². The van der Waals surface area contributed by atoms with Gasteiger partial charge in [-0.3, -0.25) is 4.79 Å². The number of ether oxygens (including phenoxy) is 2. The van der Waals surface area contributed by atoms with E-state index in [0.717, 1.165) is 5.56 Å². The van der Waals surface area contributed by atoms with Crippen molar-refractivity contribution in [1.82, 2.24) is 5.32 Å². The average Bonchev–Trinajstić information content (AvgIpc) is 2.67. The van der Waals surface area contributed by atoms with Gasteiger partial charge in [-0.15, -0.1) is 0 Å². The molecule has 7 heteroatoms. The lowest BCUT2D eigenvalue weighted by molar-refractivity contribution is -0.115. The fourth-order valence-electron chi connectivity index (χ4n) is 1.59. The molecule has 0 unspecified atom stereocenters. The van der Waals surface area contributed by atoms with Gasteiger partial charge in [0.1, 0.15) is 4.32 Å². The van der Waals surface area contributed by atoms with Gasteiger partial charge in [-0.1, -0.05) is 35.6 Å². The Morgan fingerprint density at radius 1 is 1.37 bits per heavy atom. The van der Waals surface area contributed by atoms with Crippen molar-refractivity contribution in [2.45, 2.75) is 0 Å². The number of benzene rings is 1. The predicted molar refractivity (Wildman–Crippen MR) is 80.9 cm³/mol. The molecule has 0 aliphatic carbocycles. The first-order valence-electron chi connectivity index (χ1n) is 5.21. The van der Waals surface area contributed by atoms with Crippen LogP contribution in [-0.2, 0) is 4.79 Å². The molecule has 0 aromatic heterocycles. The van der Waals surface area contributed by atoms with Crippen LogP contribution >= 0.6 is 35.6 Å². The average molecular weight is 316 g/mol. The van der Waals surface area contributed by atoms with Crippen molar-refractivity contribution in [3.05, 3.63) is 27.6 Å². The molecule has 4 nitrogen and oxygen atoms in total. The van der Waals surface area contributed by atoms with Crippen LogP contribution < -0.4 is 14.8 Å². The number of halogens is 1. The fourth-order valence-corrected chi connectivity index (χ4v) is 2.93. The van der Waals surface area contributed by atoms with Gasteiger partial charge in [0.2, 0.25) is 0 Å². The number of thiocarbonyl (C=S) groups is 1. The molecule has 100 valence electrons. The smallest absolute Gasteiger partial charge is 0.263 e. The second-order valence-electron chi connectivity index (χ2n) is 3.59. The molecule has 1 aromatic carbocycles. The van der Waals surface area contributed by atoms with Crippen LogP contribution in [0.5, 0.6) is 11.5 Å². The Morgan fingerprint density at radius 2 is 2.11 bits per heavy atom. The minimum atomic E-state index is -0.207. The van der Waals surface area contributed by atoms with E-state index < -0.39 is 0 Å². The predicted octanol–water partition coefficient (Wildman–Crippen LogP) is 2.85. The quantitative estimate of drug-likeness (QED) is 0.686. The number of hydrogen-bond donors (Lipinski definition) is 1. The highest BCUT2D eigenvalue weighted by molar-refractivity contribution is 8.26. The summed E-state index contributed by atoms with van der Waals surface area (Å²) in [6.07, 6.45) is 1.70. The number of nitrogens with one attached hydrogen (secondary N) is 1. The SMILES string of the molecule is COc1cc(C=C2SC(=S)NC2=O)cc(Cl)c1OC. The molecule has 0 radical (unpaired) electrons. The highest BCUT2D eigenvalue weighted by Gasteiger charge is 2.22.